The Morgan fingerprint density at radius 1 is 1.57 bits per heavy atom. The van der Waals surface area contributed by atoms with Crippen LogP contribution in [-0.2, 0) is 4.79 Å². The van der Waals surface area contributed by atoms with E-state index in [0.29, 0.717) is 0 Å². The van der Waals surface area contributed by atoms with E-state index in [9.17, 15) is 14.9 Å². The first-order valence-corrected chi connectivity index (χ1v) is 7.91. The topological polar surface area (TPSA) is 84.7 Å². The van der Waals surface area contributed by atoms with Crippen LogP contribution in [-0.4, -0.2) is 48.5 Å². The van der Waals surface area contributed by atoms with Crippen molar-refractivity contribution in [1.82, 2.24) is 10.2 Å². The maximum absolute atomic E-state index is 12.3. The minimum atomic E-state index is -0.549. The van der Waals surface area contributed by atoms with Gasteiger partial charge in [-0.05, 0) is 32.0 Å². The number of halogens is 1. The maximum atomic E-state index is 12.3. The molecule has 1 N–H and O–H groups in total. The smallest absolute Gasteiger partial charge is 0.312 e. The molecule has 0 saturated carbocycles. The van der Waals surface area contributed by atoms with Gasteiger partial charge in [0, 0.05) is 30.2 Å². The molecule has 0 bridgehead atoms. The van der Waals surface area contributed by atoms with Crippen LogP contribution in [0.1, 0.15) is 19.3 Å². The van der Waals surface area contributed by atoms with Gasteiger partial charge in [0.1, 0.15) is 0 Å². The standard InChI is InChI=1S/C15H20ClN3O4/c1-17-10-12-3-2-7-18(12)15(20)6-8-23-14-5-4-11(16)9-13(14)19(21)22/h4-5,9,12,17H,2-3,6-8,10H2,1H3. The molecular weight excluding hydrogens is 322 g/mol. The van der Waals surface area contributed by atoms with Crippen molar-refractivity contribution >= 4 is 23.2 Å². The van der Waals surface area contributed by atoms with Crippen LogP contribution in [0.4, 0.5) is 5.69 Å². The lowest BCUT2D eigenvalue weighted by Gasteiger charge is -2.24. The van der Waals surface area contributed by atoms with Crippen molar-refractivity contribution in [2.24, 2.45) is 0 Å². The first kappa shape index (κ1) is 17.5. The second-order valence-electron chi connectivity index (χ2n) is 5.41. The molecule has 0 aliphatic carbocycles. The second-order valence-corrected chi connectivity index (χ2v) is 5.84. The first-order chi connectivity index (χ1) is 11.0. The fraction of sp³-hybridized carbons (Fsp3) is 0.533. The van der Waals surface area contributed by atoms with Crippen molar-refractivity contribution < 1.29 is 14.5 Å². The number of carbonyl (C=O) groups is 1. The average molecular weight is 342 g/mol. The Balaban J connectivity index is 1.90. The number of benzene rings is 1. The molecule has 126 valence electrons. The van der Waals surface area contributed by atoms with E-state index in [1.54, 1.807) is 0 Å². The van der Waals surface area contributed by atoms with E-state index in [1.165, 1.54) is 18.2 Å². The summed E-state index contributed by atoms with van der Waals surface area (Å²) >= 11 is 5.75. The summed E-state index contributed by atoms with van der Waals surface area (Å²) in [6, 6.07) is 4.43. The molecule has 1 saturated heterocycles. The summed E-state index contributed by atoms with van der Waals surface area (Å²) < 4.78 is 5.42. The molecule has 2 rings (SSSR count). The van der Waals surface area contributed by atoms with Crippen LogP contribution in [0.5, 0.6) is 5.75 Å². The molecule has 1 aliphatic rings. The van der Waals surface area contributed by atoms with Gasteiger partial charge >= 0.3 is 5.69 Å². The summed E-state index contributed by atoms with van der Waals surface area (Å²) in [6.45, 7) is 1.63. The van der Waals surface area contributed by atoms with E-state index in [4.69, 9.17) is 16.3 Å². The highest BCUT2D eigenvalue weighted by Gasteiger charge is 2.27. The predicted molar refractivity (Wildman–Crippen MR) is 86.9 cm³/mol. The van der Waals surface area contributed by atoms with Crippen LogP contribution >= 0.6 is 11.6 Å². The molecule has 0 aromatic heterocycles. The molecule has 0 spiro atoms. The van der Waals surface area contributed by atoms with E-state index >= 15 is 0 Å². The number of rotatable bonds is 7. The Kier molecular flexibility index (Phi) is 6.18. The van der Waals surface area contributed by atoms with Gasteiger partial charge in [-0.1, -0.05) is 11.6 Å². The number of hydrogen-bond donors (Lipinski definition) is 1. The van der Waals surface area contributed by atoms with Gasteiger partial charge < -0.3 is 15.0 Å². The fourth-order valence-corrected chi connectivity index (χ4v) is 2.93. The molecule has 1 fully saturated rings. The number of nitrogens with one attached hydrogen (secondary N) is 1. The van der Waals surface area contributed by atoms with Gasteiger partial charge in [0.2, 0.25) is 5.91 Å². The van der Waals surface area contributed by atoms with E-state index in [-0.39, 0.29) is 41.4 Å². The fourth-order valence-electron chi connectivity index (χ4n) is 2.76. The van der Waals surface area contributed by atoms with Crippen molar-refractivity contribution in [2.75, 3.05) is 26.7 Å². The number of nitrogens with zero attached hydrogens (tertiary/aromatic N) is 2. The lowest BCUT2D eigenvalue weighted by atomic mass is 10.2. The molecule has 1 heterocycles. The Morgan fingerprint density at radius 2 is 2.35 bits per heavy atom. The molecule has 0 radical (unpaired) electrons. The number of nitro groups is 1. The third-order valence-electron chi connectivity index (χ3n) is 3.83. The van der Waals surface area contributed by atoms with Crippen LogP contribution in [0.3, 0.4) is 0 Å². The third kappa shape index (κ3) is 4.56. The van der Waals surface area contributed by atoms with Gasteiger partial charge in [-0.15, -0.1) is 0 Å². The van der Waals surface area contributed by atoms with Gasteiger partial charge in [0.15, 0.2) is 5.75 Å². The molecule has 7 nitrogen and oxygen atoms in total. The van der Waals surface area contributed by atoms with Crippen molar-refractivity contribution in [3.63, 3.8) is 0 Å². The van der Waals surface area contributed by atoms with Crippen molar-refractivity contribution in [3.05, 3.63) is 33.3 Å². The minimum Gasteiger partial charge on any atom is -0.486 e. The molecule has 1 aliphatic heterocycles. The summed E-state index contributed by atoms with van der Waals surface area (Å²) in [7, 11) is 1.86. The zero-order valence-electron chi connectivity index (χ0n) is 13.0. The van der Waals surface area contributed by atoms with E-state index in [0.717, 1.165) is 25.9 Å². The van der Waals surface area contributed by atoms with Gasteiger partial charge in [-0.2, -0.15) is 0 Å². The van der Waals surface area contributed by atoms with Gasteiger partial charge in [-0.25, -0.2) is 0 Å². The highest BCUT2D eigenvalue weighted by atomic mass is 35.5. The average Bonchev–Trinajstić information content (AvgIpc) is 2.97. The first-order valence-electron chi connectivity index (χ1n) is 7.53. The SMILES string of the molecule is CNCC1CCCN1C(=O)CCOc1ccc(Cl)cc1[N+](=O)[O-]. The molecule has 1 amide bonds. The van der Waals surface area contributed by atoms with Crippen molar-refractivity contribution in [3.8, 4) is 5.75 Å². The van der Waals surface area contributed by atoms with E-state index in [2.05, 4.69) is 5.32 Å². The monoisotopic (exact) mass is 341 g/mol. The Morgan fingerprint density at radius 3 is 3.04 bits per heavy atom. The second kappa shape index (κ2) is 8.12. The summed E-state index contributed by atoms with van der Waals surface area (Å²) in [4.78, 5) is 24.5. The van der Waals surface area contributed by atoms with Crippen LogP contribution in [0, 0.1) is 10.1 Å². The summed E-state index contributed by atoms with van der Waals surface area (Å²) in [5.74, 6) is 0.139. The van der Waals surface area contributed by atoms with Gasteiger partial charge in [0.05, 0.1) is 18.0 Å². The molecule has 1 atom stereocenters. The summed E-state index contributed by atoms with van der Waals surface area (Å²) in [6.07, 6.45) is 2.19. The molecule has 1 aromatic carbocycles. The lowest BCUT2D eigenvalue weighted by Crippen LogP contribution is -2.41. The van der Waals surface area contributed by atoms with Gasteiger partial charge in [0.25, 0.3) is 0 Å². The zero-order valence-corrected chi connectivity index (χ0v) is 13.7. The normalized spacial score (nSPS) is 17.3. The highest BCUT2D eigenvalue weighted by Crippen LogP contribution is 2.30. The Hall–Kier alpha value is -1.86. The number of carbonyl (C=O) groups excluding carboxylic acids is 1. The largest absolute Gasteiger partial charge is 0.486 e. The maximum Gasteiger partial charge on any atom is 0.312 e. The van der Waals surface area contributed by atoms with Crippen LogP contribution in [0.25, 0.3) is 0 Å². The quantitative estimate of drug-likeness (QED) is 0.607. The Labute approximate surface area is 139 Å². The van der Waals surface area contributed by atoms with Gasteiger partial charge in [-0.3, -0.25) is 14.9 Å². The van der Waals surface area contributed by atoms with Crippen molar-refractivity contribution in [1.29, 1.82) is 0 Å². The van der Waals surface area contributed by atoms with Crippen LogP contribution < -0.4 is 10.1 Å². The molecular formula is C15H20ClN3O4. The lowest BCUT2D eigenvalue weighted by molar-refractivity contribution is -0.385. The molecule has 23 heavy (non-hydrogen) atoms. The molecule has 8 heteroatoms. The van der Waals surface area contributed by atoms with Crippen LogP contribution in [0.2, 0.25) is 5.02 Å². The minimum absolute atomic E-state index is 0.0133. The predicted octanol–water partition coefficient (Wildman–Crippen LogP) is 2.23. The highest BCUT2D eigenvalue weighted by molar-refractivity contribution is 6.30. The number of hydrogen-bond acceptors (Lipinski definition) is 5. The number of ether oxygens (including phenoxy) is 1. The Bertz CT molecular complexity index is 582. The third-order valence-corrected chi connectivity index (χ3v) is 4.06. The van der Waals surface area contributed by atoms with Crippen molar-refractivity contribution in [2.45, 2.75) is 25.3 Å². The zero-order chi connectivity index (χ0) is 16.8. The summed E-state index contributed by atoms with van der Waals surface area (Å²) in [5, 5.41) is 14.3. The van der Waals surface area contributed by atoms with E-state index < -0.39 is 4.92 Å². The molecule has 1 unspecified atom stereocenters. The van der Waals surface area contributed by atoms with E-state index in [1.807, 2.05) is 11.9 Å². The number of nitro benzene ring substituents is 1. The molecule has 1 aromatic rings. The number of likely N-dealkylation sites (N-methyl/N-ethyl adjacent to an activating group) is 1. The van der Waals surface area contributed by atoms with Crippen LogP contribution in [0.15, 0.2) is 18.2 Å². The number of likely N-dealkylation sites (tertiary alicyclic amines) is 1. The number of amides is 1. The summed E-state index contributed by atoms with van der Waals surface area (Å²) in [5.41, 5.74) is -0.195.